The summed E-state index contributed by atoms with van der Waals surface area (Å²) in [5, 5.41) is 3.09. The van der Waals surface area contributed by atoms with E-state index in [2.05, 4.69) is 12.2 Å². The summed E-state index contributed by atoms with van der Waals surface area (Å²) in [6.07, 6.45) is 9.59. The Morgan fingerprint density at radius 1 is 1.00 bits per heavy atom. The summed E-state index contributed by atoms with van der Waals surface area (Å²) < 4.78 is 0. The minimum atomic E-state index is -0.584. The summed E-state index contributed by atoms with van der Waals surface area (Å²) in [5.41, 5.74) is -0.584. The number of hydrogen-bond acceptors (Lipinski definition) is 2. The monoisotopic (exact) mass is 292 g/mol. The van der Waals surface area contributed by atoms with Crippen LogP contribution in [-0.2, 0) is 9.59 Å². The molecular weight excluding hydrogens is 264 g/mol. The van der Waals surface area contributed by atoms with E-state index >= 15 is 0 Å². The van der Waals surface area contributed by atoms with E-state index < -0.39 is 5.54 Å². The Morgan fingerprint density at radius 2 is 1.67 bits per heavy atom. The maximum absolute atomic E-state index is 13.2. The molecule has 0 bridgehead atoms. The molecule has 118 valence electrons. The Labute approximate surface area is 127 Å². The van der Waals surface area contributed by atoms with Crippen LogP contribution in [0.3, 0.4) is 0 Å². The highest BCUT2D eigenvalue weighted by molar-refractivity contribution is 5.99. The number of piperazine rings is 1. The van der Waals surface area contributed by atoms with Crippen molar-refractivity contribution in [3.63, 3.8) is 0 Å². The van der Waals surface area contributed by atoms with E-state index in [4.69, 9.17) is 0 Å². The molecule has 3 fully saturated rings. The molecule has 3 unspecified atom stereocenters. The van der Waals surface area contributed by atoms with Gasteiger partial charge >= 0.3 is 0 Å². The van der Waals surface area contributed by atoms with Gasteiger partial charge in [0.1, 0.15) is 11.6 Å². The minimum absolute atomic E-state index is 0.0503. The van der Waals surface area contributed by atoms with Gasteiger partial charge in [-0.1, -0.05) is 39.0 Å². The molecule has 3 rings (SSSR count). The molecule has 2 saturated carbocycles. The summed E-state index contributed by atoms with van der Waals surface area (Å²) in [6.45, 7) is 4.13. The standard InChI is InChI=1S/C17H28N2O2/c1-12-8-4-5-9-14(12)19-13(2)15(20)18-17(16(19)21)10-6-3-7-11-17/h12-14H,3-11H2,1-2H3,(H,18,20). The fourth-order valence-corrected chi connectivity index (χ4v) is 4.59. The van der Waals surface area contributed by atoms with Crippen molar-refractivity contribution in [1.29, 1.82) is 0 Å². The van der Waals surface area contributed by atoms with Crippen molar-refractivity contribution >= 4 is 11.8 Å². The Balaban J connectivity index is 1.89. The SMILES string of the molecule is CC1CCCCC1N1C(=O)C2(CCCCC2)NC(=O)C1C. The lowest BCUT2D eigenvalue weighted by molar-refractivity contribution is -0.161. The van der Waals surface area contributed by atoms with Crippen molar-refractivity contribution in [2.24, 2.45) is 5.92 Å². The van der Waals surface area contributed by atoms with Crippen molar-refractivity contribution in [2.75, 3.05) is 0 Å². The molecule has 1 heterocycles. The van der Waals surface area contributed by atoms with E-state index in [1.807, 2.05) is 11.8 Å². The fourth-order valence-electron chi connectivity index (χ4n) is 4.59. The molecule has 1 spiro atoms. The molecular formula is C17H28N2O2. The molecule has 0 aromatic carbocycles. The van der Waals surface area contributed by atoms with Gasteiger partial charge in [0, 0.05) is 6.04 Å². The Kier molecular flexibility index (Phi) is 3.98. The van der Waals surface area contributed by atoms with Crippen LogP contribution in [0.1, 0.15) is 71.6 Å². The summed E-state index contributed by atoms with van der Waals surface area (Å²) in [5.74, 6) is 0.763. The van der Waals surface area contributed by atoms with Gasteiger partial charge in [-0.25, -0.2) is 0 Å². The van der Waals surface area contributed by atoms with Crippen LogP contribution < -0.4 is 5.32 Å². The summed E-state index contributed by atoms with van der Waals surface area (Å²) in [6, 6.07) is -0.0540. The van der Waals surface area contributed by atoms with Crippen LogP contribution in [0.5, 0.6) is 0 Å². The van der Waals surface area contributed by atoms with Crippen molar-refractivity contribution < 1.29 is 9.59 Å². The van der Waals surface area contributed by atoms with E-state index in [1.165, 1.54) is 25.7 Å². The van der Waals surface area contributed by atoms with Crippen LogP contribution in [0.25, 0.3) is 0 Å². The topological polar surface area (TPSA) is 49.4 Å². The van der Waals surface area contributed by atoms with Crippen LogP contribution in [0.2, 0.25) is 0 Å². The first-order valence-corrected chi connectivity index (χ1v) is 8.70. The maximum atomic E-state index is 13.2. The molecule has 0 aromatic heterocycles. The highest BCUT2D eigenvalue weighted by Gasteiger charge is 2.52. The van der Waals surface area contributed by atoms with Gasteiger partial charge in [0.2, 0.25) is 11.8 Å². The molecule has 1 N–H and O–H groups in total. The van der Waals surface area contributed by atoms with E-state index in [-0.39, 0.29) is 23.9 Å². The Bertz CT molecular complexity index is 429. The molecule has 4 heteroatoms. The van der Waals surface area contributed by atoms with Gasteiger partial charge in [0.25, 0.3) is 0 Å². The molecule has 3 aliphatic rings. The number of carbonyl (C=O) groups excluding carboxylic acids is 2. The predicted molar refractivity (Wildman–Crippen MR) is 81.7 cm³/mol. The van der Waals surface area contributed by atoms with Gasteiger partial charge < -0.3 is 10.2 Å². The number of hydrogen-bond donors (Lipinski definition) is 1. The fraction of sp³-hybridized carbons (Fsp3) is 0.882. The third-order valence-electron chi connectivity index (χ3n) is 5.93. The van der Waals surface area contributed by atoms with Crippen LogP contribution in [-0.4, -0.2) is 34.3 Å². The number of carbonyl (C=O) groups is 2. The first-order chi connectivity index (χ1) is 10.1. The molecule has 0 aromatic rings. The molecule has 1 aliphatic heterocycles. The maximum Gasteiger partial charge on any atom is 0.249 e. The molecule has 3 atom stereocenters. The van der Waals surface area contributed by atoms with Crippen molar-refractivity contribution in [3.8, 4) is 0 Å². The summed E-state index contributed by atoms with van der Waals surface area (Å²) >= 11 is 0. The number of nitrogens with one attached hydrogen (secondary N) is 1. The van der Waals surface area contributed by atoms with E-state index in [0.717, 1.165) is 32.1 Å². The second-order valence-corrected chi connectivity index (χ2v) is 7.35. The van der Waals surface area contributed by atoms with Gasteiger partial charge in [-0.05, 0) is 38.5 Å². The normalized spacial score (nSPS) is 36.7. The number of rotatable bonds is 1. The third kappa shape index (κ3) is 2.47. The minimum Gasteiger partial charge on any atom is -0.340 e. The molecule has 21 heavy (non-hydrogen) atoms. The highest BCUT2D eigenvalue weighted by Crippen LogP contribution is 2.37. The van der Waals surface area contributed by atoms with Crippen LogP contribution in [0.4, 0.5) is 0 Å². The Hall–Kier alpha value is -1.06. The second kappa shape index (κ2) is 5.62. The van der Waals surface area contributed by atoms with Crippen LogP contribution in [0, 0.1) is 5.92 Å². The number of amides is 2. The highest BCUT2D eigenvalue weighted by atomic mass is 16.2. The van der Waals surface area contributed by atoms with Gasteiger partial charge in [-0.2, -0.15) is 0 Å². The zero-order valence-corrected chi connectivity index (χ0v) is 13.4. The van der Waals surface area contributed by atoms with Crippen molar-refractivity contribution in [1.82, 2.24) is 10.2 Å². The van der Waals surface area contributed by atoms with Gasteiger partial charge in [0.15, 0.2) is 0 Å². The van der Waals surface area contributed by atoms with E-state index in [1.54, 1.807) is 0 Å². The summed E-state index contributed by atoms with van der Waals surface area (Å²) in [4.78, 5) is 27.6. The zero-order chi connectivity index (χ0) is 15.0. The van der Waals surface area contributed by atoms with Gasteiger partial charge in [-0.3, -0.25) is 9.59 Å². The van der Waals surface area contributed by atoms with E-state index in [9.17, 15) is 9.59 Å². The molecule has 1 saturated heterocycles. The molecule has 2 aliphatic carbocycles. The van der Waals surface area contributed by atoms with Gasteiger partial charge in [0.05, 0.1) is 0 Å². The second-order valence-electron chi connectivity index (χ2n) is 7.35. The van der Waals surface area contributed by atoms with Crippen LogP contribution >= 0.6 is 0 Å². The van der Waals surface area contributed by atoms with Crippen molar-refractivity contribution in [2.45, 2.75) is 89.3 Å². The average molecular weight is 292 g/mol. The Morgan fingerprint density at radius 3 is 2.33 bits per heavy atom. The van der Waals surface area contributed by atoms with Gasteiger partial charge in [-0.15, -0.1) is 0 Å². The lowest BCUT2D eigenvalue weighted by Crippen LogP contribution is -2.72. The zero-order valence-electron chi connectivity index (χ0n) is 13.4. The molecule has 2 amide bonds. The summed E-state index contributed by atoms with van der Waals surface area (Å²) in [7, 11) is 0. The van der Waals surface area contributed by atoms with Crippen LogP contribution in [0.15, 0.2) is 0 Å². The predicted octanol–water partition coefficient (Wildman–Crippen LogP) is 2.61. The van der Waals surface area contributed by atoms with E-state index in [0.29, 0.717) is 5.92 Å². The first kappa shape index (κ1) is 14.9. The molecule has 4 nitrogen and oxygen atoms in total. The smallest absolute Gasteiger partial charge is 0.249 e. The quantitative estimate of drug-likeness (QED) is 0.807. The molecule has 0 radical (unpaired) electrons. The lowest BCUT2D eigenvalue weighted by atomic mass is 9.76. The van der Waals surface area contributed by atoms with Crippen molar-refractivity contribution in [3.05, 3.63) is 0 Å². The first-order valence-electron chi connectivity index (χ1n) is 8.70. The average Bonchev–Trinajstić information content (AvgIpc) is 2.48. The lowest BCUT2D eigenvalue weighted by Gasteiger charge is -2.51. The number of nitrogens with zero attached hydrogens (tertiary/aromatic N) is 1. The third-order valence-corrected chi connectivity index (χ3v) is 5.93. The largest absolute Gasteiger partial charge is 0.340 e.